The Morgan fingerprint density at radius 3 is 2.11 bits per heavy atom. The fourth-order valence-corrected chi connectivity index (χ4v) is 5.30. The van der Waals surface area contributed by atoms with E-state index < -0.39 is 34.1 Å². The first-order chi connectivity index (χ1) is 17.9. The van der Waals surface area contributed by atoms with Crippen molar-refractivity contribution in [3.8, 4) is 5.75 Å². The SMILES string of the molecule is COc1cccc(CN(C(=O)CN(c2ccccc2)S(=O)(=O)c2ccccc2)C(C)C(=O)NC(C)(C)C)c1. The van der Waals surface area contributed by atoms with E-state index in [1.807, 2.05) is 26.8 Å². The van der Waals surface area contributed by atoms with Gasteiger partial charge in [-0.15, -0.1) is 0 Å². The summed E-state index contributed by atoms with van der Waals surface area (Å²) in [5.74, 6) is -0.252. The molecule has 1 atom stereocenters. The molecule has 8 nitrogen and oxygen atoms in total. The van der Waals surface area contributed by atoms with Gasteiger partial charge in [-0.25, -0.2) is 8.42 Å². The molecule has 38 heavy (non-hydrogen) atoms. The second kappa shape index (κ2) is 12.1. The van der Waals surface area contributed by atoms with Crippen LogP contribution in [0.15, 0.2) is 89.8 Å². The summed E-state index contributed by atoms with van der Waals surface area (Å²) >= 11 is 0. The predicted octanol–water partition coefficient (Wildman–Crippen LogP) is 4.22. The summed E-state index contributed by atoms with van der Waals surface area (Å²) in [5.41, 5.74) is 0.575. The number of anilines is 1. The molecule has 3 rings (SSSR count). The summed E-state index contributed by atoms with van der Waals surface area (Å²) in [7, 11) is -2.53. The molecule has 1 N–H and O–H groups in total. The first-order valence-corrected chi connectivity index (χ1v) is 13.7. The molecule has 0 heterocycles. The number of nitrogens with one attached hydrogen (secondary N) is 1. The maximum Gasteiger partial charge on any atom is 0.264 e. The van der Waals surface area contributed by atoms with Gasteiger partial charge in [-0.1, -0.05) is 48.5 Å². The van der Waals surface area contributed by atoms with Crippen molar-refractivity contribution in [3.05, 3.63) is 90.5 Å². The van der Waals surface area contributed by atoms with Crippen LogP contribution in [0.3, 0.4) is 0 Å². The summed E-state index contributed by atoms with van der Waals surface area (Å²) in [6, 6.07) is 22.7. The van der Waals surface area contributed by atoms with Gasteiger partial charge in [0.2, 0.25) is 11.8 Å². The molecule has 9 heteroatoms. The smallest absolute Gasteiger partial charge is 0.264 e. The number of methoxy groups -OCH3 is 1. The van der Waals surface area contributed by atoms with Crippen molar-refractivity contribution in [3.63, 3.8) is 0 Å². The van der Waals surface area contributed by atoms with Crippen molar-refractivity contribution >= 4 is 27.5 Å². The van der Waals surface area contributed by atoms with Crippen molar-refractivity contribution in [2.24, 2.45) is 0 Å². The molecule has 0 spiro atoms. The van der Waals surface area contributed by atoms with Crippen molar-refractivity contribution in [2.75, 3.05) is 18.0 Å². The maximum atomic E-state index is 13.9. The molecule has 0 aliphatic heterocycles. The van der Waals surface area contributed by atoms with Gasteiger partial charge in [-0.3, -0.25) is 13.9 Å². The number of carbonyl (C=O) groups is 2. The molecule has 0 saturated heterocycles. The number of benzene rings is 3. The van der Waals surface area contributed by atoms with Crippen molar-refractivity contribution in [2.45, 2.75) is 50.7 Å². The highest BCUT2D eigenvalue weighted by Gasteiger charge is 2.33. The van der Waals surface area contributed by atoms with Crippen LogP contribution in [-0.4, -0.2) is 50.4 Å². The number of ether oxygens (including phenoxy) is 1. The van der Waals surface area contributed by atoms with Crippen LogP contribution in [0, 0.1) is 0 Å². The van der Waals surface area contributed by atoms with Gasteiger partial charge in [0.05, 0.1) is 17.7 Å². The van der Waals surface area contributed by atoms with Crippen LogP contribution in [0.2, 0.25) is 0 Å². The predicted molar refractivity (Wildman–Crippen MR) is 148 cm³/mol. The normalized spacial score (nSPS) is 12.3. The molecule has 0 fully saturated rings. The summed E-state index contributed by atoms with van der Waals surface area (Å²) in [5, 5.41) is 2.91. The van der Waals surface area contributed by atoms with Crippen LogP contribution in [0.5, 0.6) is 5.75 Å². The van der Waals surface area contributed by atoms with Crippen LogP contribution < -0.4 is 14.4 Å². The van der Waals surface area contributed by atoms with Gasteiger partial charge >= 0.3 is 0 Å². The third-order valence-electron chi connectivity index (χ3n) is 5.81. The number of sulfonamides is 1. The summed E-state index contributed by atoms with van der Waals surface area (Å²) in [4.78, 5) is 28.5. The van der Waals surface area contributed by atoms with Gasteiger partial charge < -0.3 is 15.0 Å². The van der Waals surface area contributed by atoms with Gasteiger partial charge in [-0.2, -0.15) is 0 Å². The molecular formula is C29H35N3O5S. The highest BCUT2D eigenvalue weighted by molar-refractivity contribution is 7.92. The van der Waals surface area contributed by atoms with E-state index in [0.29, 0.717) is 11.4 Å². The maximum absolute atomic E-state index is 13.9. The number of para-hydroxylation sites is 1. The largest absolute Gasteiger partial charge is 0.497 e. The Bertz CT molecular complexity index is 1340. The Labute approximate surface area is 225 Å². The molecule has 2 amide bonds. The van der Waals surface area contributed by atoms with E-state index in [2.05, 4.69) is 5.32 Å². The second-order valence-electron chi connectivity index (χ2n) is 9.95. The van der Waals surface area contributed by atoms with E-state index in [-0.39, 0.29) is 17.3 Å². The van der Waals surface area contributed by atoms with E-state index in [0.717, 1.165) is 9.87 Å². The fraction of sp³-hybridized carbons (Fsp3) is 0.310. The first-order valence-electron chi connectivity index (χ1n) is 12.3. The van der Waals surface area contributed by atoms with E-state index >= 15 is 0 Å². The number of amides is 2. The lowest BCUT2D eigenvalue weighted by atomic mass is 10.1. The fourth-order valence-electron chi connectivity index (χ4n) is 3.87. The average molecular weight is 538 g/mol. The highest BCUT2D eigenvalue weighted by atomic mass is 32.2. The zero-order valence-corrected chi connectivity index (χ0v) is 23.2. The number of nitrogens with zero attached hydrogens (tertiary/aromatic N) is 2. The molecule has 0 bridgehead atoms. The Morgan fingerprint density at radius 2 is 1.53 bits per heavy atom. The van der Waals surface area contributed by atoms with Crippen LogP contribution in [0.4, 0.5) is 5.69 Å². The molecule has 0 saturated carbocycles. The lowest BCUT2D eigenvalue weighted by Gasteiger charge is -2.33. The van der Waals surface area contributed by atoms with E-state index in [4.69, 9.17) is 4.74 Å². The van der Waals surface area contributed by atoms with Crippen LogP contribution in [0.1, 0.15) is 33.3 Å². The van der Waals surface area contributed by atoms with E-state index in [1.165, 1.54) is 17.0 Å². The second-order valence-corrected chi connectivity index (χ2v) is 11.8. The van der Waals surface area contributed by atoms with Gasteiger partial charge in [0.15, 0.2) is 0 Å². The Morgan fingerprint density at radius 1 is 0.921 bits per heavy atom. The molecule has 0 aliphatic rings. The number of rotatable bonds is 10. The van der Waals surface area contributed by atoms with Gasteiger partial charge in [0, 0.05) is 12.1 Å². The van der Waals surface area contributed by atoms with Crippen molar-refractivity contribution < 1.29 is 22.7 Å². The molecule has 0 aromatic heterocycles. The average Bonchev–Trinajstić information content (AvgIpc) is 2.90. The van der Waals surface area contributed by atoms with Crippen LogP contribution >= 0.6 is 0 Å². The molecule has 0 aliphatic carbocycles. The van der Waals surface area contributed by atoms with E-state index in [9.17, 15) is 18.0 Å². The third-order valence-corrected chi connectivity index (χ3v) is 7.59. The molecule has 3 aromatic carbocycles. The Balaban J connectivity index is 2.01. The van der Waals surface area contributed by atoms with Crippen LogP contribution in [0.25, 0.3) is 0 Å². The molecular weight excluding hydrogens is 502 g/mol. The van der Waals surface area contributed by atoms with Gasteiger partial charge in [-0.05, 0) is 69.7 Å². The Hall–Kier alpha value is -3.85. The lowest BCUT2D eigenvalue weighted by Crippen LogP contribution is -2.54. The summed E-state index contributed by atoms with van der Waals surface area (Å²) in [6.45, 7) is 6.80. The lowest BCUT2D eigenvalue weighted by molar-refractivity contribution is -0.140. The van der Waals surface area contributed by atoms with Gasteiger partial charge in [0.1, 0.15) is 18.3 Å². The number of hydrogen-bond donors (Lipinski definition) is 1. The minimum Gasteiger partial charge on any atom is -0.497 e. The topological polar surface area (TPSA) is 96.0 Å². The summed E-state index contributed by atoms with van der Waals surface area (Å²) < 4.78 is 33.8. The van der Waals surface area contributed by atoms with Crippen molar-refractivity contribution in [1.29, 1.82) is 0 Å². The molecule has 1 unspecified atom stereocenters. The zero-order chi connectivity index (χ0) is 27.9. The standard InChI is InChI=1S/C29H35N3O5S/c1-22(28(34)30-29(2,3)4)31(20-23-13-12-16-25(19-23)37-5)27(33)21-32(24-14-8-6-9-15-24)38(35,36)26-17-10-7-11-18-26/h6-19,22H,20-21H2,1-5H3,(H,30,34). The van der Waals surface area contributed by atoms with Gasteiger partial charge in [0.25, 0.3) is 10.0 Å². The summed E-state index contributed by atoms with van der Waals surface area (Å²) in [6.07, 6.45) is 0. The molecule has 0 radical (unpaired) electrons. The van der Waals surface area contributed by atoms with E-state index in [1.54, 1.807) is 80.8 Å². The number of carbonyl (C=O) groups excluding carboxylic acids is 2. The molecule has 3 aromatic rings. The minimum atomic E-state index is -4.08. The Kier molecular flexibility index (Phi) is 9.17. The van der Waals surface area contributed by atoms with Crippen LogP contribution in [-0.2, 0) is 26.2 Å². The molecule has 202 valence electrons. The highest BCUT2D eigenvalue weighted by Crippen LogP contribution is 2.24. The first kappa shape index (κ1) is 28.7. The number of hydrogen-bond acceptors (Lipinski definition) is 5. The minimum absolute atomic E-state index is 0.0644. The third kappa shape index (κ3) is 7.35. The monoisotopic (exact) mass is 537 g/mol. The quantitative estimate of drug-likeness (QED) is 0.418. The van der Waals surface area contributed by atoms with Crippen molar-refractivity contribution in [1.82, 2.24) is 10.2 Å². The zero-order valence-electron chi connectivity index (χ0n) is 22.4.